The summed E-state index contributed by atoms with van der Waals surface area (Å²) in [5.74, 6) is 1.04. The molecule has 2 aromatic rings. The van der Waals surface area contributed by atoms with E-state index in [4.69, 9.17) is 32.2 Å². The van der Waals surface area contributed by atoms with Crippen molar-refractivity contribution in [1.82, 2.24) is 10.6 Å². The van der Waals surface area contributed by atoms with E-state index in [1.54, 1.807) is 7.11 Å². The quantitative estimate of drug-likeness (QED) is 0.338. The van der Waals surface area contributed by atoms with E-state index >= 15 is 0 Å². The number of ether oxygens (including phenoxy) is 3. The van der Waals surface area contributed by atoms with Crippen molar-refractivity contribution in [3.63, 3.8) is 0 Å². The van der Waals surface area contributed by atoms with Crippen LogP contribution in [0.2, 0.25) is 0 Å². The second kappa shape index (κ2) is 13.0. The van der Waals surface area contributed by atoms with Gasteiger partial charge in [-0.3, -0.25) is 4.79 Å². The highest BCUT2D eigenvalue weighted by atomic mass is 32.1. The zero-order valence-corrected chi connectivity index (χ0v) is 20.7. The molecule has 0 aliphatic heterocycles. The number of carbonyl (C=O) groups is 1. The Morgan fingerprint density at radius 2 is 1.82 bits per heavy atom. The average Bonchev–Trinajstić information content (AvgIpc) is 2.79. The Bertz CT molecular complexity index is 900. The summed E-state index contributed by atoms with van der Waals surface area (Å²) in [5, 5.41) is 6.97. The Balaban J connectivity index is 1.97. The predicted molar refractivity (Wildman–Crippen MR) is 134 cm³/mol. The van der Waals surface area contributed by atoms with E-state index in [9.17, 15) is 4.79 Å². The molecule has 0 saturated carbocycles. The molecule has 0 spiro atoms. The van der Waals surface area contributed by atoms with Crippen LogP contribution in [0.4, 0.5) is 0 Å². The van der Waals surface area contributed by atoms with Crippen LogP contribution in [0, 0.1) is 5.41 Å². The number of nitrogens with one attached hydrogen (secondary N) is 2. The van der Waals surface area contributed by atoms with Gasteiger partial charge >= 0.3 is 5.97 Å². The molecule has 4 N–H and O–H groups in total. The fraction of sp³-hybridized carbons (Fsp3) is 0.440. The van der Waals surface area contributed by atoms with Crippen molar-refractivity contribution in [2.24, 2.45) is 11.1 Å². The number of carbonyl (C=O) groups excluding carboxylic acids is 1. The van der Waals surface area contributed by atoms with Crippen LogP contribution >= 0.6 is 12.2 Å². The highest BCUT2D eigenvalue weighted by Crippen LogP contribution is 2.28. The van der Waals surface area contributed by atoms with E-state index in [0.717, 1.165) is 11.1 Å². The minimum absolute atomic E-state index is 0.166. The first-order valence-electron chi connectivity index (χ1n) is 11.0. The van der Waals surface area contributed by atoms with Crippen molar-refractivity contribution >= 4 is 23.3 Å². The number of nitrogens with two attached hydrogens (primary N) is 1. The minimum atomic E-state index is -0.560. The van der Waals surface area contributed by atoms with Crippen molar-refractivity contribution in [1.29, 1.82) is 0 Å². The normalized spacial score (nSPS) is 11.9. The molecule has 7 nitrogen and oxygen atoms in total. The molecule has 1 atom stereocenters. The van der Waals surface area contributed by atoms with Crippen LogP contribution in [0.3, 0.4) is 0 Å². The molecule has 33 heavy (non-hydrogen) atoms. The number of esters is 1. The van der Waals surface area contributed by atoms with Crippen LogP contribution in [0.5, 0.6) is 11.5 Å². The molecule has 180 valence electrons. The summed E-state index contributed by atoms with van der Waals surface area (Å²) < 4.78 is 16.6. The maximum Gasteiger partial charge on any atom is 0.311 e. The van der Waals surface area contributed by atoms with Gasteiger partial charge in [0.25, 0.3) is 0 Å². The molecular weight excluding hydrogens is 438 g/mol. The summed E-state index contributed by atoms with van der Waals surface area (Å²) in [6.45, 7) is 7.07. The fourth-order valence-corrected chi connectivity index (χ4v) is 3.21. The number of hydrogen-bond donors (Lipinski definition) is 3. The molecule has 2 aromatic carbocycles. The molecule has 0 bridgehead atoms. The van der Waals surface area contributed by atoms with Gasteiger partial charge in [-0.25, -0.2) is 0 Å². The van der Waals surface area contributed by atoms with Crippen LogP contribution in [0.25, 0.3) is 0 Å². The second-order valence-electron chi connectivity index (χ2n) is 8.68. The molecule has 0 aliphatic rings. The number of hydrogen-bond acceptors (Lipinski definition) is 6. The minimum Gasteiger partial charge on any atom is -0.493 e. The second-order valence-corrected chi connectivity index (χ2v) is 9.09. The van der Waals surface area contributed by atoms with Gasteiger partial charge in [0.05, 0.1) is 18.6 Å². The third-order valence-electron chi connectivity index (χ3n) is 4.74. The Morgan fingerprint density at radius 1 is 1.09 bits per heavy atom. The summed E-state index contributed by atoms with van der Waals surface area (Å²) >= 11 is 5.51. The van der Waals surface area contributed by atoms with Gasteiger partial charge in [0.1, 0.15) is 13.2 Å². The molecule has 0 heterocycles. The first kappa shape index (κ1) is 26.4. The van der Waals surface area contributed by atoms with Crippen molar-refractivity contribution in [2.45, 2.75) is 39.8 Å². The summed E-state index contributed by atoms with van der Waals surface area (Å²) in [6.07, 6.45) is 0.668. The SMILES string of the molecule is COc1cc(CNC(=S)NC(COC(=O)C(C)(C)C)Cc2ccccc2)ccc1OCCN. The van der Waals surface area contributed by atoms with Gasteiger partial charge in [-0.1, -0.05) is 36.4 Å². The first-order chi connectivity index (χ1) is 15.7. The topological polar surface area (TPSA) is 94.8 Å². The maximum absolute atomic E-state index is 12.2. The van der Waals surface area contributed by atoms with E-state index in [1.807, 2.05) is 69.3 Å². The van der Waals surface area contributed by atoms with Gasteiger partial charge in [-0.2, -0.15) is 0 Å². The van der Waals surface area contributed by atoms with Gasteiger partial charge in [0, 0.05) is 13.1 Å². The van der Waals surface area contributed by atoms with Gasteiger partial charge in [-0.05, 0) is 62.7 Å². The van der Waals surface area contributed by atoms with E-state index in [-0.39, 0.29) is 18.6 Å². The third-order valence-corrected chi connectivity index (χ3v) is 5.01. The number of benzene rings is 2. The molecule has 2 rings (SSSR count). The lowest BCUT2D eigenvalue weighted by atomic mass is 9.97. The molecule has 1 unspecified atom stereocenters. The van der Waals surface area contributed by atoms with Crippen LogP contribution in [-0.2, 0) is 22.5 Å². The zero-order valence-electron chi connectivity index (χ0n) is 19.9. The predicted octanol–water partition coefficient (Wildman–Crippen LogP) is 3.20. The van der Waals surface area contributed by atoms with Crippen LogP contribution in [0.15, 0.2) is 48.5 Å². The monoisotopic (exact) mass is 473 g/mol. The molecule has 0 radical (unpaired) electrons. The summed E-state index contributed by atoms with van der Waals surface area (Å²) in [7, 11) is 1.60. The number of rotatable bonds is 11. The van der Waals surface area contributed by atoms with E-state index < -0.39 is 5.41 Å². The third kappa shape index (κ3) is 9.27. The number of methoxy groups -OCH3 is 1. The summed E-state index contributed by atoms with van der Waals surface area (Å²) in [4.78, 5) is 12.2. The van der Waals surface area contributed by atoms with Crippen molar-refractivity contribution < 1.29 is 19.0 Å². The fourth-order valence-electron chi connectivity index (χ4n) is 2.97. The Labute approximate surface area is 202 Å². The molecule has 0 aliphatic carbocycles. The lowest BCUT2D eigenvalue weighted by Gasteiger charge is -2.23. The van der Waals surface area contributed by atoms with Crippen LogP contribution in [-0.4, -0.2) is 44.0 Å². The van der Waals surface area contributed by atoms with E-state index in [0.29, 0.717) is 42.7 Å². The standard InChI is InChI=1S/C25H35N3O4S/c1-25(2,3)23(29)32-17-20(14-18-8-6-5-7-9-18)28-24(33)27-16-19-10-11-21(31-13-12-26)22(15-19)30-4/h5-11,15,20H,12-14,16-17,26H2,1-4H3,(H2,27,28,33). The van der Waals surface area contributed by atoms with Gasteiger partial charge in [0.15, 0.2) is 16.6 Å². The average molecular weight is 474 g/mol. The summed E-state index contributed by atoms with van der Waals surface area (Å²) in [5.41, 5.74) is 7.05. The Morgan fingerprint density at radius 3 is 2.45 bits per heavy atom. The lowest BCUT2D eigenvalue weighted by molar-refractivity contribution is -0.153. The van der Waals surface area contributed by atoms with Crippen LogP contribution in [0.1, 0.15) is 31.9 Å². The van der Waals surface area contributed by atoms with Crippen molar-refractivity contribution in [2.75, 3.05) is 26.9 Å². The van der Waals surface area contributed by atoms with Gasteiger partial charge in [0.2, 0.25) is 0 Å². The van der Waals surface area contributed by atoms with E-state index in [2.05, 4.69) is 10.6 Å². The maximum atomic E-state index is 12.2. The zero-order chi connectivity index (χ0) is 24.3. The molecule has 0 amide bonds. The lowest BCUT2D eigenvalue weighted by Crippen LogP contribution is -2.45. The Hall–Kier alpha value is -2.84. The molecule has 8 heteroatoms. The molecule has 0 aromatic heterocycles. The highest BCUT2D eigenvalue weighted by molar-refractivity contribution is 7.80. The highest BCUT2D eigenvalue weighted by Gasteiger charge is 2.24. The molecular formula is C25H35N3O4S. The Kier molecular flexibility index (Phi) is 10.4. The van der Waals surface area contributed by atoms with Crippen molar-refractivity contribution in [3.05, 3.63) is 59.7 Å². The largest absolute Gasteiger partial charge is 0.493 e. The number of thiocarbonyl (C=S) groups is 1. The first-order valence-corrected chi connectivity index (χ1v) is 11.4. The van der Waals surface area contributed by atoms with E-state index in [1.165, 1.54) is 0 Å². The van der Waals surface area contributed by atoms with Crippen LogP contribution < -0.4 is 25.8 Å². The van der Waals surface area contributed by atoms with Crippen molar-refractivity contribution in [3.8, 4) is 11.5 Å². The molecule has 0 fully saturated rings. The smallest absolute Gasteiger partial charge is 0.311 e. The van der Waals surface area contributed by atoms with Gasteiger partial charge < -0.3 is 30.6 Å². The molecule has 0 saturated heterocycles. The van der Waals surface area contributed by atoms with Gasteiger partial charge in [-0.15, -0.1) is 0 Å². The summed E-state index contributed by atoms with van der Waals surface area (Å²) in [6, 6.07) is 15.5.